The fraction of sp³-hybridized carbons (Fsp3) is 0.480. The van der Waals surface area contributed by atoms with E-state index in [1.54, 1.807) is 0 Å². The first kappa shape index (κ1) is 19.2. The molecule has 1 fully saturated rings. The third kappa shape index (κ3) is 4.30. The summed E-state index contributed by atoms with van der Waals surface area (Å²) >= 11 is 0. The number of piperidine rings is 1. The fourth-order valence-electron chi connectivity index (χ4n) is 4.78. The Hall–Kier alpha value is -2.13. The van der Waals surface area contributed by atoms with Crippen LogP contribution < -0.4 is 4.74 Å². The van der Waals surface area contributed by atoms with Crippen molar-refractivity contribution < 1.29 is 9.53 Å². The maximum Gasteiger partial charge on any atom is 0.166 e. The first-order valence-electron chi connectivity index (χ1n) is 10.8. The first-order chi connectivity index (χ1) is 13.7. The Morgan fingerprint density at radius 1 is 1.04 bits per heavy atom. The van der Waals surface area contributed by atoms with Crippen molar-refractivity contribution in [1.82, 2.24) is 4.90 Å². The van der Waals surface area contributed by atoms with Crippen molar-refractivity contribution in [1.29, 1.82) is 0 Å². The molecule has 1 aliphatic carbocycles. The topological polar surface area (TPSA) is 29.5 Å². The number of fused-ring (bicyclic) bond motifs is 1. The number of likely N-dealkylation sites (tertiary alicyclic amines) is 1. The number of aryl methyl sites for hydroxylation is 1. The zero-order chi connectivity index (χ0) is 19.3. The minimum Gasteiger partial charge on any atom is -0.494 e. The van der Waals surface area contributed by atoms with Crippen LogP contribution in [0.5, 0.6) is 5.75 Å². The lowest BCUT2D eigenvalue weighted by Crippen LogP contribution is -2.35. The highest BCUT2D eigenvalue weighted by atomic mass is 16.5. The average Bonchev–Trinajstić information content (AvgIpc) is 2.74. The van der Waals surface area contributed by atoms with E-state index in [9.17, 15) is 4.79 Å². The van der Waals surface area contributed by atoms with Gasteiger partial charge in [0.1, 0.15) is 5.75 Å². The molecule has 1 unspecified atom stereocenters. The number of carbonyl (C=O) groups excluding carboxylic acids is 1. The van der Waals surface area contributed by atoms with Crippen molar-refractivity contribution in [3.8, 4) is 5.75 Å². The zero-order valence-corrected chi connectivity index (χ0v) is 16.9. The first-order valence-corrected chi connectivity index (χ1v) is 10.8. The normalized spacial score (nSPS) is 20.8. The van der Waals surface area contributed by atoms with Crippen molar-refractivity contribution >= 4 is 5.78 Å². The molecule has 2 aromatic rings. The summed E-state index contributed by atoms with van der Waals surface area (Å²) in [5.41, 5.74) is 3.56. The number of ether oxygens (including phenoxy) is 1. The Bertz CT molecular complexity index is 793. The van der Waals surface area contributed by atoms with Crippen LogP contribution in [0.1, 0.15) is 60.0 Å². The van der Waals surface area contributed by atoms with Gasteiger partial charge in [0, 0.05) is 11.5 Å². The lowest BCUT2D eigenvalue weighted by molar-refractivity contribution is 0.0877. The minimum absolute atomic E-state index is 0.178. The van der Waals surface area contributed by atoms with Crippen LogP contribution in [-0.4, -0.2) is 36.9 Å². The van der Waals surface area contributed by atoms with E-state index in [2.05, 4.69) is 41.3 Å². The molecule has 0 amide bonds. The third-order valence-electron chi connectivity index (χ3n) is 6.44. The second-order valence-corrected chi connectivity index (χ2v) is 8.17. The van der Waals surface area contributed by atoms with E-state index in [1.165, 1.54) is 18.4 Å². The van der Waals surface area contributed by atoms with Gasteiger partial charge in [0.05, 0.1) is 6.61 Å². The quantitative estimate of drug-likeness (QED) is 0.701. The zero-order valence-electron chi connectivity index (χ0n) is 16.9. The molecule has 0 radical (unpaired) electrons. The summed E-state index contributed by atoms with van der Waals surface area (Å²) in [4.78, 5) is 15.5. The lowest BCUT2D eigenvalue weighted by Gasteiger charge is -2.33. The van der Waals surface area contributed by atoms with E-state index in [0.717, 1.165) is 55.8 Å². The maximum absolute atomic E-state index is 12.9. The molecule has 4 rings (SSSR count). The molecule has 28 heavy (non-hydrogen) atoms. The predicted molar refractivity (Wildman–Crippen MR) is 113 cm³/mol. The van der Waals surface area contributed by atoms with Gasteiger partial charge in [-0.1, -0.05) is 30.3 Å². The van der Waals surface area contributed by atoms with Crippen LogP contribution in [-0.2, 0) is 6.42 Å². The van der Waals surface area contributed by atoms with Crippen LogP contribution in [0.4, 0.5) is 0 Å². The highest BCUT2D eigenvalue weighted by Gasteiger charge is 2.28. The molecule has 1 atom stereocenters. The van der Waals surface area contributed by atoms with Crippen LogP contribution in [0, 0.1) is 5.92 Å². The van der Waals surface area contributed by atoms with E-state index in [1.807, 2.05) is 19.1 Å². The van der Waals surface area contributed by atoms with Gasteiger partial charge in [-0.3, -0.25) is 4.79 Å². The summed E-state index contributed by atoms with van der Waals surface area (Å²) in [5.74, 6) is 2.09. The molecular formula is C25H31NO2. The Balaban J connectivity index is 1.28. The highest BCUT2D eigenvalue weighted by Crippen LogP contribution is 2.32. The summed E-state index contributed by atoms with van der Waals surface area (Å²) in [6.45, 7) is 5.99. The van der Waals surface area contributed by atoms with E-state index >= 15 is 0 Å². The number of hydrogen-bond acceptors (Lipinski definition) is 3. The maximum atomic E-state index is 12.9. The molecule has 148 valence electrons. The van der Waals surface area contributed by atoms with Gasteiger partial charge in [-0.2, -0.15) is 0 Å². The molecule has 0 aromatic heterocycles. The Labute approximate surface area is 168 Å². The van der Waals surface area contributed by atoms with Gasteiger partial charge in [0.25, 0.3) is 0 Å². The number of rotatable bonds is 6. The summed E-state index contributed by atoms with van der Waals surface area (Å²) < 4.78 is 5.58. The monoisotopic (exact) mass is 377 g/mol. The van der Waals surface area contributed by atoms with Gasteiger partial charge in [0.2, 0.25) is 0 Å². The lowest BCUT2D eigenvalue weighted by atomic mass is 9.80. The van der Waals surface area contributed by atoms with Crippen molar-refractivity contribution in [2.75, 3.05) is 26.2 Å². The Kier molecular flexibility index (Phi) is 6.11. The smallest absolute Gasteiger partial charge is 0.166 e. The van der Waals surface area contributed by atoms with Crippen LogP contribution in [0.3, 0.4) is 0 Å². The third-order valence-corrected chi connectivity index (χ3v) is 6.44. The molecule has 2 aromatic carbocycles. The average molecular weight is 378 g/mol. The van der Waals surface area contributed by atoms with Crippen LogP contribution >= 0.6 is 0 Å². The van der Waals surface area contributed by atoms with Gasteiger partial charge >= 0.3 is 0 Å². The Morgan fingerprint density at radius 2 is 1.82 bits per heavy atom. The number of nitrogens with zero attached hydrogens (tertiary/aromatic N) is 1. The molecule has 1 saturated heterocycles. The number of hydrogen-bond donors (Lipinski definition) is 0. The van der Waals surface area contributed by atoms with Crippen LogP contribution in [0.2, 0.25) is 0 Å². The largest absolute Gasteiger partial charge is 0.494 e. The molecule has 0 bridgehead atoms. The SMILES string of the molecule is CCOc1ccc2c(c1)CCC(CCN1CCC(c3ccccc3)CC1)C2=O. The van der Waals surface area contributed by atoms with E-state index < -0.39 is 0 Å². The molecule has 0 saturated carbocycles. The van der Waals surface area contributed by atoms with Crippen molar-refractivity contribution in [2.45, 2.75) is 44.9 Å². The molecule has 3 heteroatoms. The molecule has 3 nitrogen and oxygen atoms in total. The minimum atomic E-state index is 0.178. The van der Waals surface area contributed by atoms with E-state index in [0.29, 0.717) is 18.3 Å². The van der Waals surface area contributed by atoms with Gasteiger partial charge in [0.15, 0.2) is 5.78 Å². The number of Topliss-reactive ketones (excluding diaryl/α,β-unsaturated/α-hetero) is 1. The van der Waals surface area contributed by atoms with Crippen LogP contribution in [0.15, 0.2) is 48.5 Å². The van der Waals surface area contributed by atoms with Gasteiger partial charge in [-0.05, 0) is 93.9 Å². The number of benzene rings is 2. The van der Waals surface area contributed by atoms with Crippen molar-refractivity contribution in [3.63, 3.8) is 0 Å². The van der Waals surface area contributed by atoms with Gasteiger partial charge < -0.3 is 9.64 Å². The molecular weight excluding hydrogens is 346 g/mol. The Morgan fingerprint density at radius 3 is 2.57 bits per heavy atom. The van der Waals surface area contributed by atoms with Crippen molar-refractivity contribution in [2.24, 2.45) is 5.92 Å². The molecule has 0 N–H and O–H groups in total. The standard InChI is InChI=1S/C25H31NO2/c1-2-28-23-10-11-24-22(18-23)9-8-21(25(24)27)14-17-26-15-12-20(13-16-26)19-6-4-3-5-7-19/h3-7,10-11,18,20-21H,2,8-9,12-17H2,1H3. The van der Waals surface area contributed by atoms with E-state index in [-0.39, 0.29) is 5.92 Å². The van der Waals surface area contributed by atoms with Gasteiger partial charge in [-0.25, -0.2) is 0 Å². The summed E-state index contributed by atoms with van der Waals surface area (Å²) in [7, 11) is 0. The van der Waals surface area contributed by atoms with Crippen molar-refractivity contribution in [3.05, 3.63) is 65.2 Å². The fourth-order valence-corrected chi connectivity index (χ4v) is 4.78. The summed E-state index contributed by atoms with van der Waals surface area (Å²) in [6, 6.07) is 16.9. The van der Waals surface area contributed by atoms with Gasteiger partial charge in [-0.15, -0.1) is 0 Å². The second kappa shape index (κ2) is 8.91. The summed E-state index contributed by atoms with van der Waals surface area (Å²) in [6.07, 6.45) is 5.41. The van der Waals surface area contributed by atoms with Crippen LogP contribution in [0.25, 0.3) is 0 Å². The number of carbonyl (C=O) groups is 1. The number of ketones is 1. The highest BCUT2D eigenvalue weighted by molar-refractivity contribution is 6.00. The molecule has 2 aliphatic rings. The second-order valence-electron chi connectivity index (χ2n) is 8.17. The molecule has 0 spiro atoms. The predicted octanol–water partition coefficient (Wildman–Crippen LogP) is 5.10. The molecule has 1 heterocycles. The molecule has 1 aliphatic heterocycles. The van der Waals surface area contributed by atoms with E-state index in [4.69, 9.17) is 4.74 Å². The summed E-state index contributed by atoms with van der Waals surface area (Å²) in [5, 5.41) is 0.